The lowest BCUT2D eigenvalue weighted by Crippen LogP contribution is -2.33. The van der Waals surface area contributed by atoms with Crippen LogP contribution in [0.5, 0.6) is 0 Å². The summed E-state index contributed by atoms with van der Waals surface area (Å²) in [4.78, 5) is 0. The van der Waals surface area contributed by atoms with Crippen molar-refractivity contribution in [2.75, 3.05) is 0 Å². The first-order valence-corrected chi connectivity index (χ1v) is 9.68. The minimum absolute atomic E-state index is 0.320. The molecule has 1 N–H and O–H groups in total. The number of aliphatic hydroxyl groups excluding tert-OH is 1. The molecule has 1 aromatic carbocycles. The lowest BCUT2D eigenvalue weighted by Gasteiger charge is -2.28. The minimum atomic E-state index is -1.70. The fourth-order valence-electron chi connectivity index (χ4n) is 1.65. The quantitative estimate of drug-likeness (QED) is 0.840. The average molecular weight is 293 g/mol. The molecule has 0 fully saturated rings. The molecular formula is C12H18Cl2O2Si. The first kappa shape index (κ1) is 15.0. The maximum absolute atomic E-state index is 10.2. The molecule has 1 rings (SSSR count). The van der Waals surface area contributed by atoms with Crippen LogP contribution in [0.4, 0.5) is 0 Å². The van der Waals surface area contributed by atoms with Gasteiger partial charge in [0.2, 0.25) is 0 Å². The topological polar surface area (TPSA) is 29.5 Å². The summed E-state index contributed by atoms with van der Waals surface area (Å²) in [6.45, 7) is 8.06. The van der Waals surface area contributed by atoms with Crippen LogP contribution in [0.1, 0.15) is 18.6 Å². The molecule has 0 radical (unpaired) electrons. The lowest BCUT2D eigenvalue weighted by molar-refractivity contribution is 0.0422. The predicted molar refractivity (Wildman–Crippen MR) is 75.3 cm³/mol. The molecule has 2 atom stereocenters. The van der Waals surface area contributed by atoms with E-state index in [9.17, 15) is 5.11 Å². The highest BCUT2D eigenvalue weighted by molar-refractivity contribution is 6.69. The highest BCUT2D eigenvalue weighted by atomic mass is 35.5. The molecule has 0 bridgehead atoms. The molecule has 1 unspecified atom stereocenters. The Balaban J connectivity index is 2.93. The highest BCUT2D eigenvalue weighted by Gasteiger charge is 2.26. The van der Waals surface area contributed by atoms with E-state index in [2.05, 4.69) is 19.6 Å². The van der Waals surface area contributed by atoms with E-state index in [1.807, 2.05) is 6.92 Å². The standard InChI is InChI=1S/C12H18Cl2O2Si/c1-8(16-17(2,3)4)12(15)11-9(13)6-5-7-10(11)14/h5-8,12,15H,1-4H3/t8?,12-/m1/s1. The molecule has 2 nitrogen and oxygen atoms in total. The van der Waals surface area contributed by atoms with E-state index < -0.39 is 14.4 Å². The van der Waals surface area contributed by atoms with E-state index in [0.717, 1.165) is 0 Å². The SMILES string of the molecule is CC(O[Si](C)(C)C)[C@@H](O)c1c(Cl)cccc1Cl. The Morgan fingerprint density at radius 3 is 2.06 bits per heavy atom. The van der Waals surface area contributed by atoms with Gasteiger partial charge in [-0.25, -0.2) is 0 Å². The van der Waals surface area contributed by atoms with Crippen molar-refractivity contribution in [3.63, 3.8) is 0 Å². The summed E-state index contributed by atoms with van der Waals surface area (Å²) in [6, 6.07) is 5.19. The van der Waals surface area contributed by atoms with Crippen molar-refractivity contribution in [2.24, 2.45) is 0 Å². The Hall–Kier alpha value is -0.0631. The van der Waals surface area contributed by atoms with Crippen LogP contribution in [0.3, 0.4) is 0 Å². The molecule has 0 aliphatic carbocycles. The van der Waals surface area contributed by atoms with Gasteiger partial charge in [-0.05, 0) is 38.7 Å². The zero-order valence-corrected chi connectivity index (χ0v) is 13.0. The first-order chi connectivity index (χ1) is 7.72. The molecule has 5 heteroatoms. The second-order valence-corrected chi connectivity index (χ2v) is 10.3. The van der Waals surface area contributed by atoms with E-state index >= 15 is 0 Å². The second-order valence-electron chi connectivity index (χ2n) is 5.02. The zero-order valence-electron chi connectivity index (χ0n) is 10.5. The van der Waals surface area contributed by atoms with Crippen LogP contribution in [0.15, 0.2) is 18.2 Å². The smallest absolute Gasteiger partial charge is 0.184 e. The van der Waals surface area contributed by atoms with Crippen LogP contribution in [0, 0.1) is 0 Å². The molecule has 0 heterocycles. The summed E-state index contributed by atoms with van der Waals surface area (Å²) in [5.41, 5.74) is 0.543. The number of aliphatic hydroxyl groups is 1. The normalized spacial score (nSPS) is 15.7. The first-order valence-electron chi connectivity index (χ1n) is 5.52. The van der Waals surface area contributed by atoms with Gasteiger partial charge in [-0.1, -0.05) is 29.3 Å². The average Bonchev–Trinajstić information content (AvgIpc) is 2.14. The van der Waals surface area contributed by atoms with Gasteiger partial charge in [-0.2, -0.15) is 0 Å². The molecule has 0 aliphatic heterocycles. The summed E-state index contributed by atoms with van der Waals surface area (Å²) < 4.78 is 5.84. The molecule has 0 spiro atoms. The van der Waals surface area contributed by atoms with Gasteiger partial charge in [0.25, 0.3) is 0 Å². The fourth-order valence-corrected chi connectivity index (χ4v) is 3.52. The van der Waals surface area contributed by atoms with Crippen molar-refractivity contribution in [1.82, 2.24) is 0 Å². The van der Waals surface area contributed by atoms with Gasteiger partial charge in [0, 0.05) is 15.6 Å². The van der Waals surface area contributed by atoms with Crippen LogP contribution in [0.25, 0.3) is 0 Å². The molecule has 0 amide bonds. The maximum Gasteiger partial charge on any atom is 0.184 e. The van der Waals surface area contributed by atoms with Gasteiger partial charge in [0.05, 0.1) is 6.10 Å². The molecule has 0 saturated carbocycles. The molecule has 0 aromatic heterocycles. The van der Waals surface area contributed by atoms with E-state index in [-0.39, 0.29) is 6.10 Å². The Bertz CT molecular complexity index is 370. The lowest BCUT2D eigenvalue weighted by atomic mass is 10.1. The maximum atomic E-state index is 10.2. The number of hydrogen-bond donors (Lipinski definition) is 1. The highest BCUT2D eigenvalue weighted by Crippen LogP contribution is 2.33. The van der Waals surface area contributed by atoms with Gasteiger partial charge in [-0.15, -0.1) is 0 Å². The van der Waals surface area contributed by atoms with E-state index in [1.54, 1.807) is 18.2 Å². The number of halogens is 2. The Labute approximate surface area is 114 Å². The monoisotopic (exact) mass is 292 g/mol. The van der Waals surface area contributed by atoms with Gasteiger partial charge >= 0.3 is 0 Å². The van der Waals surface area contributed by atoms with Crippen LogP contribution in [-0.2, 0) is 4.43 Å². The minimum Gasteiger partial charge on any atom is -0.412 e. The van der Waals surface area contributed by atoms with Crippen molar-refractivity contribution in [1.29, 1.82) is 0 Å². The molecule has 0 saturated heterocycles. The van der Waals surface area contributed by atoms with E-state index in [4.69, 9.17) is 27.6 Å². The zero-order chi connectivity index (χ0) is 13.2. The molecule has 1 aromatic rings. The molecule has 17 heavy (non-hydrogen) atoms. The third-order valence-electron chi connectivity index (χ3n) is 2.28. The number of benzene rings is 1. The van der Waals surface area contributed by atoms with E-state index in [0.29, 0.717) is 15.6 Å². The fraction of sp³-hybridized carbons (Fsp3) is 0.500. The van der Waals surface area contributed by atoms with Crippen molar-refractivity contribution < 1.29 is 9.53 Å². The Morgan fingerprint density at radius 1 is 1.18 bits per heavy atom. The van der Waals surface area contributed by atoms with Gasteiger partial charge in [0.1, 0.15) is 6.10 Å². The van der Waals surface area contributed by atoms with Crippen LogP contribution < -0.4 is 0 Å². The van der Waals surface area contributed by atoms with Gasteiger partial charge in [-0.3, -0.25) is 0 Å². The van der Waals surface area contributed by atoms with Crippen molar-refractivity contribution >= 4 is 31.5 Å². The van der Waals surface area contributed by atoms with Crippen LogP contribution in [-0.4, -0.2) is 19.5 Å². The summed E-state index contributed by atoms with van der Waals surface area (Å²) in [6.07, 6.45) is -1.12. The Kier molecular flexibility index (Phi) is 5.04. The van der Waals surface area contributed by atoms with E-state index in [1.165, 1.54) is 0 Å². The molecule has 0 aliphatic rings. The number of rotatable bonds is 4. The predicted octanol–water partition coefficient (Wildman–Crippen LogP) is 4.27. The summed E-state index contributed by atoms with van der Waals surface area (Å²) in [5.74, 6) is 0. The molecule has 96 valence electrons. The van der Waals surface area contributed by atoms with Crippen LogP contribution >= 0.6 is 23.2 Å². The van der Waals surface area contributed by atoms with Crippen molar-refractivity contribution in [3.8, 4) is 0 Å². The summed E-state index contributed by atoms with van der Waals surface area (Å²) in [7, 11) is -1.70. The van der Waals surface area contributed by atoms with Crippen molar-refractivity contribution in [3.05, 3.63) is 33.8 Å². The second kappa shape index (κ2) is 5.72. The Morgan fingerprint density at radius 2 is 1.65 bits per heavy atom. The van der Waals surface area contributed by atoms with Gasteiger partial charge < -0.3 is 9.53 Å². The molecular weight excluding hydrogens is 275 g/mol. The van der Waals surface area contributed by atoms with Crippen LogP contribution in [0.2, 0.25) is 29.7 Å². The largest absolute Gasteiger partial charge is 0.412 e. The summed E-state index contributed by atoms with van der Waals surface area (Å²) >= 11 is 12.1. The number of hydrogen-bond acceptors (Lipinski definition) is 2. The van der Waals surface area contributed by atoms with Crippen molar-refractivity contribution in [2.45, 2.75) is 38.8 Å². The van der Waals surface area contributed by atoms with Gasteiger partial charge in [0.15, 0.2) is 8.32 Å². The third kappa shape index (κ3) is 4.27. The summed E-state index contributed by atoms with van der Waals surface area (Å²) in [5, 5.41) is 11.2. The third-order valence-corrected chi connectivity index (χ3v) is 4.02.